The Hall–Kier alpha value is -1.17. The number of unbranched alkanes of at least 4 members (excludes halogenated alkanes) is 1. The quantitative estimate of drug-likeness (QED) is 0.350. The Bertz CT molecular complexity index is 373. The number of benzene rings is 1. The minimum absolute atomic E-state index is 0.112. The van der Waals surface area contributed by atoms with Crippen molar-refractivity contribution in [3.05, 3.63) is 34.1 Å². The maximum absolute atomic E-state index is 12.8. The summed E-state index contributed by atoms with van der Waals surface area (Å²) in [5.74, 6) is -0.527. The number of rotatable bonds is 6. The monoisotopic (exact) mass is 291 g/mol. The molecule has 88 valence electrons. The van der Waals surface area contributed by atoms with Crippen molar-refractivity contribution in [2.75, 3.05) is 11.9 Å². The van der Waals surface area contributed by atoms with E-state index in [1.54, 1.807) is 0 Å². The van der Waals surface area contributed by atoms with Gasteiger partial charge in [0, 0.05) is 5.33 Å². The zero-order chi connectivity index (χ0) is 12.0. The maximum atomic E-state index is 12.8. The molecule has 0 saturated heterocycles. The Kier molecular flexibility index (Phi) is 5.18. The van der Waals surface area contributed by atoms with Gasteiger partial charge in [-0.25, -0.2) is 4.39 Å². The molecule has 0 saturated carbocycles. The Morgan fingerprint density at radius 2 is 2.19 bits per heavy atom. The van der Waals surface area contributed by atoms with Gasteiger partial charge in [-0.15, -0.1) is 0 Å². The van der Waals surface area contributed by atoms with E-state index in [1.165, 1.54) is 6.07 Å². The van der Waals surface area contributed by atoms with Crippen LogP contribution in [-0.4, -0.2) is 16.9 Å². The molecule has 0 aliphatic heterocycles. The first-order valence-electron chi connectivity index (χ1n) is 4.78. The van der Waals surface area contributed by atoms with Gasteiger partial charge in [0.15, 0.2) is 5.75 Å². The SMILES string of the molecule is O=[N+]([O-])c1cc(F)ccc1OCCCCBr. The first-order valence-corrected chi connectivity index (χ1v) is 5.90. The van der Waals surface area contributed by atoms with Crippen LogP contribution in [0.5, 0.6) is 5.75 Å². The molecule has 1 aromatic rings. The Balaban J connectivity index is 2.67. The predicted molar refractivity (Wildman–Crippen MR) is 61.6 cm³/mol. The van der Waals surface area contributed by atoms with Crippen molar-refractivity contribution in [3.8, 4) is 5.75 Å². The second-order valence-corrected chi connectivity index (χ2v) is 3.91. The van der Waals surface area contributed by atoms with Crippen molar-refractivity contribution in [2.45, 2.75) is 12.8 Å². The molecule has 0 spiro atoms. The molecule has 0 aliphatic rings. The van der Waals surface area contributed by atoms with E-state index in [0.717, 1.165) is 30.3 Å². The van der Waals surface area contributed by atoms with E-state index in [4.69, 9.17) is 4.74 Å². The summed E-state index contributed by atoms with van der Waals surface area (Å²) in [5.41, 5.74) is -0.334. The van der Waals surface area contributed by atoms with Crippen LogP contribution in [0.3, 0.4) is 0 Å². The number of hydrogen-bond donors (Lipinski definition) is 0. The molecule has 0 N–H and O–H groups in total. The Morgan fingerprint density at radius 1 is 1.44 bits per heavy atom. The van der Waals surface area contributed by atoms with Crippen LogP contribution in [0.1, 0.15) is 12.8 Å². The normalized spacial score (nSPS) is 10.1. The fourth-order valence-corrected chi connectivity index (χ4v) is 1.53. The average Bonchev–Trinajstić information content (AvgIpc) is 2.26. The molecule has 0 radical (unpaired) electrons. The molecule has 16 heavy (non-hydrogen) atoms. The van der Waals surface area contributed by atoms with E-state index < -0.39 is 10.7 Å². The topological polar surface area (TPSA) is 52.4 Å². The number of nitrogens with zero attached hydrogens (tertiary/aromatic N) is 1. The highest BCUT2D eigenvalue weighted by Crippen LogP contribution is 2.27. The molecule has 0 aromatic heterocycles. The fraction of sp³-hybridized carbons (Fsp3) is 0.400. The van der Waals surface area contributed by atoms with E-state index in [0.29, 0.717) is 6.61 Å². The van der Waals surface area contributed by atoms with E-state index in [-0.39, 0.29) is 11.4 Å². The highest BCUT2D eigenvalue weighted by Gasteiger charge is 2.15. The molecule has 1 aromatic carbocycles. The van der Waals surface area contributed by atoms with Crippen LogP contribution in [0.15, 0.2) is 18.2 Å². The zero-order valence-electron chi connectivity index (χ0n) is 8.49. The van der Waals surface area contributed by atoms with Gasteiger partial charge in [0.25, 0.3) is 0 Å². The summed E-state index contributed by atoms with van der Waals surface area (Å²) in [4.78, 5) is 9.96. The molecule has 0 atom stereocenters. The van der Waals surface area contributed by atoms with Crippen LogP contribution in [-0.2, 0) is 0 Å². The number of alkyl halides is 1. The molecule has 0 fully saturated rings. The third kappa shape index (κ3) is 3.77. The lowest BCUT2D eigenvalue weighted by Gasteiger charge is -2.05. The van der Waals surface area contributed by atoms with Crippen LogP contribution in [0.4, 0.5) is 10.1 Å². The molecule has 4 nitrogen and oxygen atoms in total. The predicted octanol–water partition coefficient (Wildman–Crippen LogP) is 3.29. The number of nitro benzene ring substituents is 1. The molecule has 0 amide bonds. The molecular formula is C10H11BrFNO3. The highest BCUT2D eigenvalue weighted by atomic mass is 79.9. The van der Waals surface area contributed by atoms with Gasteiger partial charge >= 0.3 is 5.69 Å². The largest absolute Gasteiger partial charge is 0.487 e. The second kappa shape index (κ2) is 6.42. The van der Waals surface area contributed by atoms with Gasteiger partial charge in [-0.2, -0.15) is 0 Å². The maximum Gasteiger partial charge on any atom is 0.313 e. The average molecular weight is 292 g/mol. The van der Waals surface area contributed by atoms with E-state index in [9.17, 15) is 14.5 Å². The van der Waals surface area contributed by atoms with Crippen molar-refractivity contribution in [3.63, 3.8) is 0 Å². The van der Waals surface area contributed by atoms with Crippen molar-refractivity contribution < 1.29 is 14.1 Å². The van der Waals surface area contributed by atoms with Crippen LogP contribution < -0.4 is 4.74 Å². The van der Waals surface area contributed by atoms with Gasteiger partial charge in [0.2, 0.25) is 0 Å². The molecule has 0 aliphatic carbocycles. The minimum Gasteiger partial charge on any atom is -0.487 e. The lowest BCUT2D eigenvalue weighted by molar-refractivity contribution is -0.386. The van der Waals surface area contributed by atoms with Crippen LogP contribution in [0.2, 0.25) is 0 Å². The van der Waals surface area contributed by atoms with Gasteiger partial charge in [-0.1, -0.05) is 15.9 Å². The zero-order valence-corrected chi connectivity index (χ0v) is 10.1. The van der Waals surface area contributed by atoms with Crippen molar-refractivity contribution in [1.82, 2.24) is 0 Å². The Labute approximate surface area is 101 Å². The minimum atomic E-state index is -0.650. The van der Waals surface area contributed by atoms with Crippen LogP contribution in [0, 0.1) is 15.9 Å². The first kappa shape index (κ1) is 12.9. The van der Waals surface area contributed by atoms with E-state index in [1.807, 2.05) is 0 Å². The fourth-order valence-electron chi connectivity index (χ4n) is 1.13. The highest BCUT2D eigenvalue weighted by molar-refractivity contribution is 9.09. The molecule has 1 rings (SSSR count). The standard InChI is InChI=1S/C10H11BrFNO3/c11-5-1-2-6-16-10-4-3-8(12)7-9(10)13(14)15/h3-4,7H,1-2,5-6H2. The lowest BCUT2D eigenvalue weighted by atomic mass is 10.3. The van der Waals surface area contributed by atoms with Gasteiger partial charge < -0.3 is 4.74 Å². The van der Waals surface area contributed by atoms with Crippen molar-refractivity contribution in [1.29, 1.82) is 0 Å². The molecule has 0 heterocycles. The number of ether oxygens (including phenoxy) is 1. The summed E-state index contributed by atoms with van der Waals surface area (Å²) in [6.07, 6.45) is 1.72. The summed E-state index contributed by atoms with van der Waals surface area (Å²) in [6, 6.07) is 3.29. The third-order valence-electron chi connectivity index (χ3n) is 1.90. The van der Waals surface area contributed by atoms with Gasteiger partial charge in [0.05, 0.1) is 17.6 Å². The van der Waals surface area contributed by atoms with Crippen molar-refractivity contribution in [2.24, 2.45) is 0 Å². The van der Waals surface area contributed by atoms with Gasteiger partial charge in [-0.05, 0) is 25.0 Å². The third-order valence-corrected chi connectivity index (χ3v) is 2.46. The molecule has 0 unspecified atom stereocenters. The number of nitro groups is 1. The summed E-state index contributed by atoms with van der Waals surface area (Å²) < 4.78 is 18.0. The second-order valence-electron chi connectivity index (χ2n) is 3.11. The Morgan fingerprint density at radius 3 is 2.81 bits per heavy atom. The van der Waals surface area contributed by atoms with Crippen LogP contribution in [0.25, 0.3) is 0 Å². The smallest absolute Gasteiger partial charge is 0.313 e. The van der Waals surface area contributed by atoms with Crippen molar-refractivity contribution >= 4 is 21.6 Å². The van der Waals surface area contributed by atoms with E-state index in [2.05, 4.69) is 15.9 Å². The molecule has 0 bridgehead atoms. The summed E-state index contributed by atoms with van der Waals surface area (Å²) in [5, 5.41) is 11.5. The summed E-state index contributed by atoms with van der Waals surface area (Å²) in [7, 11) is 0. The summed E-state index contributed by atoms with van der Waals surface area (Å²) >= 11 is 3.27. The van der Waals surface area contributed by atoms with Gasteiger partial charge in [0.1, 0.15) is 5.82 Å². The van der Waals surface area contributed by atoms with E-state index >= 15 is 0 Å². The summed E-state index contributed by atoms with van der Waals surface area (Å²) in [6.45, 7) is 0.387. The number of hydrogen-bond acceptors (Lipinski definition) is 3. The van der Waals surface area contributed by atoms with Crippen LogP contribution >= 0.6 is 15.9 Å². The van der Waals surface area contributed by atoms with Gasteiger partial charge in [-0.3, -0.25) is 10.1 Å². The number of halogens is 2. The molecular weight excluding hydrogens is 281 g/mol. The lowest BCUT2D eigenvalue weighted by Crippen LogP contribution is -2.01. The molecule has 6 heteroatoms. The first-order chi connectivity index (χ1) is 7.65.